The number of nitrogens with two attached hydrogens (primary N) is 2. The van der Waals surface area contributed by atoms with Crippen molar-refractivity contribution in [3.05, 3.63) is 57.6 Å². The van der Waals surface area contributed by atoms with Crippen molar-refractivity contribution in [3.8, 4) is 11.5 Å². The van der Waals surface area contributed by atoms with Gasteiger partial charge in [-0.2, -0.15) is 5.10 Å². The molecule has 0 aromatic heterocycles. The topological polar surface area (TPSA) is 95.2 Å². The fraction of sp³-hybridized carbons (Fsp3) is 0.176. The molecule has 0 aliphatic carbocycles. The molecule has 0 atom stereocenters. The van der Waals surface area contributed by atoms with Crippen LogP contribution < -0.4 is 20.9 Å². The van der Waals surface area contributed by atoms with E-state index in [4.69, 9.17) is 44.1 Å². The molecule has 0 radical (unpaired) electrons. The van der Waals surface area contributed by atoms with Crippen LogP contribution in [0.1, 0.15) is 18.1 Å². The Kier molecular flexibility index (Phi) is 6.91. The largest absolute Gasteiger partial charge is 0.490 e. The number of hydrogen-bond donors (Lipinski definition) is 2. The van der Waals surface area contributed by atoms with Crippen LogP contribution in [0.25, 0.3) is 0 Å². The monoisotopic (exact) mass is 380 g/mol. The van der Waals surface area contributed by atoms with Crippen molar-refractivity contribution in [2.45, 2.75) is 13.5 Å². The Balaban J connectivity index is 2.25. The van der Waals surface area contributed by atoms with Gasteiger partial charge < -0.3 is 20.9 Å². The number of benzene rings is 2. The van der Waals surface area contributed by atoms with Gasteiger partial charge in [-0.25, -0.2) is 0 Å². The smallest absolute Gasteiger partial charge is 0.211 e. The van der Waals surface area contributed by atoms with Gasteiger partial charge >= 0.3 is 0 Å². The lowest BCUT2D eigenvalue weighted by atomic mass is 10.2. The molecule has 0 heterocycles. The molecule has 2 aromatic carbocycles. The van der Waals surface area contributed by atoms with E-state index in [1.165, 1.54) is 6.21 Å². The first-order valence-corrected chi connectivity index (χ1v) is 8.21. The Morgan fingerprint density at radius 1 is 1.08 bits per heavy atom. The van der Waals surface area contributed by atoms with Crippen LogP contribution >= 0.6 is 23.2 Å². The number of ether oxygens (including phenoxy) is 2. The van der Waals surface area contributed by atoms with Gasteiger partial charge in [0.1, 0.15) is 6.61 Å². The van der Waals surface area contributed by atoms with E-state index in [2.05, 4.69) is 10.2 Å². The molecular formula is C17H18Cl2N4O2. The molecule has 25 heavy (non-hydrogen) atoms. The first kappa shape index (κ1) is 18.9. The van der Waals surface area contributed by atoms with Crippen molar-refractivity contribution < 1.29 is 9.47 Å². The van der Waals surface area contributed by atoms with E-state index in [1.807, 2.05) is 25.1 Å². The Morgan fingerprint density at radius 3 is 2.48 bits per heavy atom. The zero-order chi connectivity index (χ0) is 18.2. The third kappa shape index (κ3) is 5.55. The molecule has 0 aliphatic rings. The zero-order valence-corrected chi connectivity index (χ0v) is 15.1. The SMILES string of the molecule is CCOc1cc(C=NN=C(N)N)c(Cl)cc1OCc1ccccc1Cl. The highest BCUT2D eigenvalue weighted by Crippen LogP contribution is 2.34. The van der Waals surface area contributed by atoms with Crippen molar-refractivity contribution in [3.63, 3.8) is 0 Å². The Labute approximate surface area is 156 Å². The molecule has 0 amide bonds. The molecule has 0 unspecified atom stereocenters. The van der Waals surface area contributed by atoms with E-state index in [0.717, 1.165) is 5.56 Å². The van der Waals surface area contributed by atoms with Gasteiger partial charge in [0, 0.05) is 22.2 Å². The van der Waals surface area contributed by atoms with Crippen molar-refractivity contribution in [1.82, 2.24) is 0 Å². The van der Waals surface area contributed by atoms with Crippen LogP contribution in [-0.4, -0.2) is 18.8 Å². The molecule has 8 heteroatoms. The number of nitrogens with zero attached hydrogens (tertiary/aromatic N) is 2. The Bertz CT molecular complexity index is 790. The maximum Gasteiger partial charge on any atom is 0.211 e. The van der Waals surface area contributed by atoms with Gasteiger partial charge in [-0.3, -0.25) is 0 Å². The van der Waals surface area contributed by atoms with Gasteiger partial charge in [0.25, 0.3) is 0 Å². The lowest BCUT2D eigenvalue weighted by Crippen LogP contribution is -2.21. The molecule has 0 aliphatic heterocycles. The summed E-state index contributed by atoms with van der Waals surface area (Å²) in [5.41, 5.74) is 11.9. The van der Waals surface area contributed by atoms with Gasteiger partial charge in [0.15, 0.2) is 11.5 Å². The first-order chi connectivity index (χ1) is 12.0. The normalized spacial score (nSPS) is 10.7. The van der Waals surface area contributed by atoms with E-state index in [0.29, 0.717) is 33.7 Å². The van der Waals surface area contributed by atoms with E-state index in [-0.39, 0.29) is 12.6 Å². The highest BCUT2D eigenvalue weighted by atomic mass is 35.5. The molecule has 0 fully saturated rings. The van der Waals surface area contributed by atoms with Gasteiger partial charge in [0.05, 0.1) is 17.8 Å². The summed E-state index contributed by atoms with van der Waals surface area (Å²) in [4.78, 5) is 0. The summed E-state index contributed by atoms with van der Waals surface area (Å²) < 4.78 is 11.4. The average molecular weight is 381 g/mol. The average Bonchev–Trinajstić information content (AvgIpc) is 2.57. The molecule has 2 aromatic rings. The maximum absolute atomic E-state index is 6.27. The summed E-state index contributed by atoms with van der Waals surface area (Å²) in [6, 6.07) is 10.8. The molecule has 0 bridgehead atoms. The van der Waals surface area contributed by atoms with Crippen molar-refractivity contribution in [1.29, 1.82) is 0 Å². The van der Waals surface area contributed by atoms with Crippen molar-refractivity contribution in [2.24, 2.45) is 21.7 Å². The standard InChI is InChI=1S/C17H18Cl2N4O2/c1-2-24-15-7-12(9-22-23-17(20)21)14(19)8-16(15)25-10-11-5-3-4-6-13(11)18/h3-9H,2,10H2,1H3,(H4,20,21,23). The molecule has 0 spiro atoms. The molecule has 4 N–H and O–H groups in total. The van der Waals surface area contributed by atoms with Crippen molar-refractivity contribution in [2.75, 3.05) is 6.61 Å². The van der Waals surface area contributed by atoms with E-state index in [1.54, 1.807) is 18.2 Å². The summed E-state index contributed by atoms with van der Waals surface area (Å²) in [6.07, 6.45) is 1.43. The third-order valence-corrected chi connectivity index (χ3v) is 3.77. The second-order valence-corrected chi connectivity index (χ2v) is 5.72. The van der Waals surface area contributed by atoms with Gasteiger partial charge in [-0.15, -0.1) is 5.10 Å². The van der Waals surface area contributed by atoms with Crippen LogP contribution in [0.2, 0.25) is 10.0 Å². The fourth-order valence-electron chi connectivity index (χ4n) is 1.96. The third-order valence-electron chi connectivity index (χ3n) is 3.07. The lowest BCUT2D eigenvalue weighted by molar-refractivity contribution is 0.269. The first-order valence-electron chi connectivity index (χ1n) is 7.45. The minimum Gasteiger partial charge on any atom is -0.490 e. The zero-order valence-electron chi connectivity index (χ0n) is 13.6. The summed E-state index contributed by atoms with van der Waals surface area (Å²) in [5.74, 6) is 0.896. The van der Waals surface area contributed by atoms with Crippen LogP contribution in [0.3, 0.4) is 0 Å². The van der Waals surface area contributed by atoms with Crippen LogP contribution in [0, 0.1) is 0 Å². The summed E-state index contributed by atoms with van der Waals surface area (Å²) in [5, 5.41) is 8.35. The lowest BCUT2D eigenvalue weighted by Gasteiger charge is -2.14. The molecule has 2 rings (SSSR count). The van der Waals surface area contributed by atoms with E-state index < -0.39 is 0 Å². The second-order valence-electron chi connectivity index (χ2n) is 4.90. The molecule has 0 saturated heterocycles. The quantitative estimate of drug-likeness (QED) is 0.435. The molecule has 132 valence electrons. The minimum absolute atomic E-state index is 0.142. The van der Waals surface area contributed by atoms with Gasteiger partial charge in [0.2, 0.25) is 5.96 Å². The van der Waals surface area contributed by atoms with Gasteiger partial charge in [-0.1, -0.05) is 41.4 Å². The number of halogens is 2. The number of rotatable bonds is 7. The Morgan fingerprint density at radius 2 is 1.80 bits per heavy atom. The summed E-state index contributed by atoms with van der Waals surface area (Å²) >= 11 is 12.4. The number of hydrogen-bond acceptors (Lipinski definition) is 4. The van der Waals surface area contributed by atoms with Crippen LogP contribution in [0.5, 0.6) is 11.5 Å². The van der Waals surface area contributed by atoms with E-state index in [9.17, 15) is 0 Å². The molecular weight excluding hydrogens is 363 g/mol. The van der Waals surface area contributed by atoms with Crippen LogP contribution in [0.4, 0.5) is 0 Å². The molecule has 6 nitrogen and oxygen atoms in total. The van der Waals surface area contributed by atoms with Crippen molar-refractivity contribution >= 4 is 35.4 Å². The summed E-state index contributed by atoms with van der Waals surface area (Å²) in [6.45, 7) is 2.63. The molecule has 0 saturated carbocycles. The Hall–Kier alpha value is -2.44. The number of guanidine groups is 1. The highest BCUT2D eigenvalue weighted by molar-refractivity contribution is 6.33. The van der Waals surface area contributed by atoms with Gasteiger partial charge in [-0.05, 0) is 19.1 Å². The highest BCUT2D eigenvalue weighted by Gasteiger charge is 2.11. The van der Waals surface area contributed by atoms with E-state index >= 15 is 0 Å². The van der Waals surface area contributed by atoms with Crippen LogP contribution in [-0.2, 0) is 6.61 Å². The fourth-order valence-corrected chi connectivity index (χ4v) is 2.35. The van der Waals surface area contributed by atoms with Crippen LogP contribution in [0.15, 0.2) is 46.6 Å². The summed E-state index contributed by atoms with van der Waals surface area (Å²) in [7, 11) is 0. The maximum atomic E-state index is 6.27. The second kappa shape index (κ2) is 9.15. The predicted molar refractivity (Wildman–Crippen MR) is 102 cm³/mol. The predicted octanol–water partition coefficient (Wildman–Crippen LogP) is 3.58. The minimum atomic E-state index is -0.142.